The number of allylic oxidation sites excluding steroid dienone is 2. The van der Waals surface area contributed by atoms with Crippen molar-refractivity contribution in [3.05, 3.63) is 12.2 Å². The smallest absolute Gasteiger partial charge is 0.0658 e. The molecule has 0 saturated heterocycles. The minimum absolute atomic E-state index is 1.31. The normalized spacial score (nSPS) is 11.5. The maximum Gasteiger partial charge on any atom is 0.0658 e. The van der Waals surface area contributed by atoms with E-state index in [0.717, 1.165) is 0 Å². The van der Waals surface area contributed by atoms with Crippen LogP contribution in [-0.2, 0) is 0 Å². The molecule has 0 aromatic carbocycles. The van der Waals surface area contributed by atoms with Gasteiger partial charge >= 0.3 is 0 Å². The summed E-state index contributed by atoms with van der Waals surface area (Å²) in [5.74, 6) is 0. The standard InChI is InChI=1S/C4H7NO/c1-2-3-4-5-6/h2-4,6H,1H3/b3-2-,5-4+. The fourth-order valence-electron chi connectivity index (χ4n) is 0.125. The van der Waals surface area contributed by atoms with E-state index >= 15 is 0 Å². The third-order valence-electron chi connectivity index (χ3n) is 0.345. The summed E-state index contributed by atoms with van der Waals surface area (Å²) < 4.78 is 0. The summed E-state index contributed by atoms with van der Waals surface area (Å²) in [5.41, 5.74) is 0. The molecule has 0 aliphatic rings. The van der Waals surface area contributed by atoms with Crippen LogP contribution in [-0.4, -0.2) is 11.4 Å². The Morgan fingerprint density at radius 1 is 1.67 bits per heavy atom. The van der Waals surface area contributed by atoms with Crippen LogP contribution >= 0.6 is 0 Å². The molecule has 0 aromatic rings. The fourth-order valence-corrected chi connectivity index (χ4v) is 0.125. The Morgan fingerprint density at radius 3 is 2.50 bits per heavy atom. The second-order valence-corrected chi connectivity index (χ2v) is 0.790. The van der Waals surface area contributed by atoms with Gasteiger partial charge < -0.3 is 5.21 Å². The SMILES string of the molecule is C/C=C\C=N\O. The van der Waals surface area contributed by atoms with E-state index in [1.54, 1.807) is 12.2 Å². The highest BCUT2D eigenvalue weighted by Crippen LogP contribution is 1.60. The number of hydrogen-bond donors (Lipinski definition) is 1. The van der Waals surface area contributed by atoms with Crippen molar-refractivity contribution in [2.45, 2.75) is 6.92 Å². The first-order valence-electron chi connectivity index (χ1n) is 1.70. The Bertz CT molecular complexity index is 55.9. The zero-order valence-corrected chi connectivity index (χ0v) is 3.63. The summed E-state index contributed by atoms with van der Waals surface area (Å²) in [6.07, 6.45) is 4.72. The Morgan fingerprint density at radius 2 is 2.33 bits per heavy atom. The maximum absolute atomic E-state index is 7.72. The summed E-state index contributed by atoms with van der Waals surface area (Å²) >= 11 is 0. The molecule has 0 aromatic heterocycles. The van der Waals surface area contributed by atoms with Crippen molar-refractivity contribution in [3.63, 3.8) is 0 Å². The predicted molar refractivity (Wildman–Crippen MR) is 25.1 cm³/mol. The second kappa shape index (κ2) is 4.21. The third kappa shape index (κ3) is 3.21. The van der Waals surface area contributed by atoms with E-state index in [9.17, 15) is 0 Å². The number of rotatable bonds is 1. The molecule has 0 unspecified atom stereocenters. The van der Waals surface area contributed by atoms with E-state index in [1.165, 1.54) is 6.21 Å². The lowest BCUT2D eigenvalue weighted by Crippen LogP contribution is -1.57. The highest BCUT2D eigenvalue weighted by molar-refractivity contribution is 5.69. The van der Waals surface area contributed by atoms with Gasteiger partial charge in [0, 0.05) is 0 Å². The number of hydrogen-bond acceptors (Lipinski definition) is 2. The molecule has 0 radical (unpaired) electrons. The zero-order valence-electron chi connectivity index (χ0n) is 3.63. The number of oxime groups is 1. The van der Waals surface area contributed by atoms with Crippen LogP contribution in [0, 0.1) is 0 Å². The summed E-state index contributed by atoms with van der Waals surface area (Å²) in [6, 6.07) is 0. The van der Waals surface area contributed by atoms with Crippen LogP contribution in [0.2, 0.25) is 0 Å². The van der Waals surface area contributed by atoms with Crippen LogP contribution in [0.3, 0.4) is 0 Å². The summed E-state index contributed by atoms with van der Waals surface area (Å²) in [6.45, 7) is 1.85. The topological polar surface area (TPSA) is 32.6 Å². The van der Waals surface area contributed by atoms with Gasteiger partial charge in [0.15, 0.2) is 0 Å². The Balaban J connectivity index is 3.07. The maximum atomic E-state index is 7.72. The van der Waals surface area contributed by atoms with Crippen LogP contribution in [0.4, 0.5) is 0 Å². The molecule has 2 nitrogen and oxygen atoms in total. The lowest BCUT2D eigenvalue weighted by molar-refractivity contribution is 0.322. The van der Waals surface area contributed by atoms with Gasteiger partial charge in [-0.3, -0.25) is 0 Å². The van der Waals surface area contributed by atoms with Gasteiger partial charge in [-0.2, -0.15) is 0 Å². The van der Waals surface area contributed by atoms with Gasteiger partial charge in [-0.15, -0.1) is 0 Å². The molecule has 0 amide bonds. The molecule has 0 bridgehead atoms. The van der Waals surface area contributed by atoms with Crippen molar-refractivity contribution in [3.8, 4) is 0 Å². The molecular formula is C4H7NO. The van der Waals surface area contributed by atoms with Gasteiger partial charge in [0.1, 0.15) is 0 Å². The summed E-state index contributed by atoms with van der Waals surface area (Å²) in [7, 11) is 0. The first kappa shape index (κ1) is 5.21. The van der Waals surface area contributed by atoms with Gasteiger partial charge in [-0.25, -0.2) is 0 Å². The third-order valence-corrected chi connectivity index (χ3v) is 0.345. The van der Waals surface area contributed by atoms with Crippen molar-refractivity contribution in [1.82, 2.24) is 0 Å². The lowest BCUT2D eigenvalue weighted by atomic mass is 10.6. The molecule has 0 aliphatic carbocycles. The van der Waals surface area contributed by atoms with E-state index < -0.39 is 0 Å². The van der Waals surface area contributed by atoms with Crippen molar-refractivity contribution in [2.24, 2.45) is 5.16 Å². The van der Waals surface area contributed by atoms with Gasteiger partial charge in [-0.05, 0) is 13.0 Å². The van der Waals surface area contributed by atoms with Crippen LogP contribution in [0.1, 0.15) is 6.92 Å². The molecular weight excluding hydrogens is 78.0 g/mol. The molecule has 0 spiro atoms. The van der Waals surface area contributed by atoms with Gasteiger partial charge in [0.2, 0.25) is 0 Å². The zero-order chi connectivity index (χ0) is 4.83. The van der Waals surface area contributed by atoms with E-state index in [2.05, 4.69) is 5.16 Å². The molecule has 0 aliphatic heterocycles. The molecule has 6 heavy (non-hydrogen) atoms. The Labute approximate surface area is 36.8 Å². The average Bonchev–Trinajstić information content (AvgIpc) is 1.61. The van der Waals surface area contributed by atoms with E-state index in [-0.39, 0.29) is 0 Å². The minimum Gasteiger partial charge on any atom is -0.411 e. The summed E-state index contributed by atoms with van der Waals surface area (Å²) in [5, 5.41) is 10.4. The molecule has 0 atom stereocenters. The molecule has 0 fully saturated rings. The second-order valence-electron chi connectivity index (χ2n) is 0.790. The largest absolute Gasteiger partial charge is 0.411 e. The molecule has 0 saturated carbocycles. The quantitative estimate of drug-likeness (QED) is 0.288. The predicted octanol–water partition coefficient (Wildman–Crippen LogP) is 1.02. The molecule has 0 rings (SSSR count). The van der Waals surface area contributed by atoms with Gasteiger partial charge in [0.25, 0.3) is 0 Å². The Kier molecular flexibility index (Phi) is 3.66. The van der Waals surface area contributed by atoms with Crippen molar-refractivity contribution in [2.75, 3.05) is 0 Å². The van der Waals surface area contributed by atoms with Gasteiger partial charge in [0.05, 0.1) is 6.21 Å². The first-order chi connectivity index (χ1) is 2.91. The van der Waals surface area contributed by atoms with Crippen LogP contribution in [0.15, 0.2) is 17.3 Å². The van der Waals surface area contributed by atoms with Crippen LogP contribution in [0.25, 0.3) is 0 Å². The molecule has 0 heterocycles. The highest BCUT2D eigenvalue weighted by atomic mass is 16.4. The molecule has 34 valence electrons. The van der Waals surface area contributed by atoms with Crippen molar-refractivity contribution in [1.29, 1.82) is 0 Å². The lowest BCUT2D eigenvalue weighted by Gasteiger charge is -1.62. The average molecular weight is 85.1 g/mol. The summed E-state index contributed by atoms with van der Waals surface area (Å²) in [4.78, 5) is 0. The van der Waals surface area contributed by atoms with Crippen LogP contribution in [0.5, 0.6) is 0 Å². The molecule has 1 N–H and O–H groups in total. The fraction of sp³-hybridized carbons (Fsp3) is 0.250. The highest BCUT2D eigenvalue weighted by Gasteiger charge is 1.51. The van der Waals surface area contributed by atoms with Crippen molar-refractivity contribution < 1.29 is 5.21 Å². The number of nitrogens with zero attached hydrogens (tertiary/aromatic N) is 1. The first-order valence-corrected chi connectivity index (χ1v) is 1.70. The van der Waals surface area contributed by atoms with E-state index in [0.29, 0.717) is 0 Å². The minimum atomic E-state index is 1.31. The Hall–Kier alpha value is -0.790. The van der Waals surface area contributed by atoms with E-state index in [4.69, 9.17) is 5.21 Å². The van der Waals surface area contributed by atoms with Crippen molar-refractivity contribution >= 4 is 6.21 Å². The van der Waals surface area contributed by atoms with Gasteiger partial charge in [-0.1, -0.05) is 11.2 Å². The van der Waals surface area contributed by atoms with E-state index in [1.807, 2.05) is 6.92 Å². The van der Waals surface area contributed by atoms with Crippen LogP contribution < -0.4 is 0 Å². The molecule has 2 heteroatoms. The monoisotopic (exact) mass is 85.1 g/mol.